The zero-order valence-electron chi connectivity index (χ0n) is 10.3. The van der Waals surface area contributed by atoms with E-state index in [0.717, 1.165) is 0 Å². The van der Waals surface area contributed by atoms with Gasteiger partial charge in [-0.1, -0.05) is 0 Å². The molecule has 6 heteroatoms. The number of carbonyl (C=O) groups is 2. The summed E-state index contributed by atoms with van der Waals surface area (Å²) in [4.78, 5) is 30.5. The van der Waals surface area contributed by atoms with Crippen molar-refractivity contribution in [2.24, 2.45) is 0 Å². The summed E-state index contributed by atoms with van der Waals surface area (Å²) in [6.07, 6.45) is -0.345. The second-order valence-electron chi connectivity index (χ2n) is 4.73. The summed E-state index contributed by atoms with van der Waals surface area (Å²) in [6, 6.07) is 0.0305. The minimum atomic E-state index is -0.174. The Bertz CT molecular complexity index is 344. The van der Waals surface area contributed by atoms with Gasteiger partial charge in [0.25, 0.3) is 0 Å². The van der Waals surface area contributed by atoms with Crippen molar-refractivity contribution >= 4 is 12.1 Å². The van der Waals surface area contributed by atoms with E-state index in [2.05, 4.69) is 0 Å². The highest BCUT2D eigenvalue weighted by atomic mass is 16.2. The molecule has 0 bridgehead atoms. The maximum atomic E-state index is 12.0. The number of likely N-dealkylation sites (N-methyl/N-ethyl adjacent to an activating group) is 3. The SMILES string of the molecule is CC(C)N1C(=O)N(C)[C@@H]2[C@@H]1N(C)C(=O)N2C. The van der Waals surface area contributed by atoms with E-state index in [0.29, 0.717) is 0 Å². The molecule has 2 aliphatic heterocycles. The van der Waals surface area contributed by atoms with Crippen LogP contribution in [0.25, 0.3) is 0 Å². The van der Waals surface area contributed by atoms with Crippen LogP contribution in [0.15, 0.2) is 0 Å². The third kappa shape index (κ3) is 1.12. The summed E-state index contributed by atoms with van der Waals surface area (Å²) in [5, 5.41) is 0. The summed E-state index contributed by atoms with van der Waals surface area (Å²) < 4.78 is 0. The van der Waals surface area contributed by atoms with Crippen LogP contribution in [0.2, 0.25) is 0 Å². The molecule has 0 N–H and O–H groups in total. The molecule has 2 heterocycles. The second-order valence-corrected chi connectivity index (χ2v) is 4.73. The minimum absolute atomic E-state index is 0.0174. The van der Waals surface area contributed by atoms with Crippen LogP contribution < -0.4 is 0 Å². The van der Waals surface area contributed by atoms with Crippen molar-refractivity contribution in [3.05, 3.63) is 0 Å². The molecule has 2 saturated heterocycles. The molecule has 0 saturated carbocycles. The van der Waals surface area contributed by atoms with Crippen LogP contribution >= 0.6 is 0 Å². The molecule has 0 unspecified atom stereocenters. The van der Waals surface area contributed by atoms with Gasteiger partial charge in [0.15, 0.2) is 0 Å². The predicted molar refractivity (Wildman–Crippen MR) is 58.6 cm³/mol. The highest BCUT2D eigenvalue weighted by Gasteiger charge is 2.56. The molecule has 90 valence electrons. The first kappa shape index (κ1) is 11.0. The number of nitrogens with zero attached hydrogens (tertiary/aromatic N) is 4. The Labute approximate surface area is 95.4 Å². The van der Waals surface area contributed by atoms with Gasteiger partial charge in [-0.05, 0) is 13.8 Å². The van der Waals surface area contributed by atoms with Crippen molar-refractivity contribution < 1.29 is 9.59 Å². The first-order valence-corrected chi connectivity index (χ1v) is 5.42. The summed E-state index contributed by atoms with van der Waals surface area (Å²) in [5.41, 5.74) is 0. The highest BCUT2D eigenvalue weighted by Crippen LogP contribution is 2.33. The van der Waals surface area contributed by atoms with E-state index in [1.54, 1.807) is 40.7 Å². The van der Waals surface area contributed by atoms with Crippen molar-refractivity contribution in [3.63, 3.8) is 0 Å². The number of hydrogen-bond donors (Lipinski definition) is 0. The van der Waals surface area contributed by atoms with Crippen LogP contribution in [0.3, 0.4) is 0 Å². The van der Waals surface area contributed by atoms with Crippen molar-refractivity contribution in [3.8, 4) is 0 Å². The number of carbonyl (C=O) groups excluding carboxylic acids is 2. The van der Waals surface area contributed by atoms with Gasteiger partial charge >= 0.3 is 12.1 Å². The van der Waals surface area contributed by atoms with E-state index in [-0.39, 0.29) is 30.4 Å². The van der Waals surface area contributed by atoms with Crippen LogP contribution in [0, 0.1) is 0 Å². The van der Waals surface area contributed by atoms with Gasteiger partial charge in [-0.2, -0.15) is 0 Å². The fourth-order valence-electron chi connectivity index (χ4n) is 2.60. The van der Waals surface area contributed by atoms with E-state index in [1.807, 2.05) is 13.8 Å². The fraction of sp³-hybridized carbons (Fsp3) is 0.800. The van der Waals surface area contributed by atoms with Crippen molar-refractivity contribution in [1.29, 1.82) is 0 Å². The molecule has 0 aromatic carbocycles. The average molecular weight is 226 g/mol. The zero-order chi connectivity index (χ0) is 12.2. The van der Waals surface area contributed by atoms with Gasteiger partial charge < -0.3 is 14.7 Å². The normalized spacial score (nSPS) is 29.9. The molecule has 2 aliphatic rings. The maximum absolute atomic E-state index is 12.0. The molecule has 2 rings (SSSR count). The third-order valence-electron chi connectivity index (χ3n) is 3.42. The number of rotatable bonds is 1. The summed E-state index contributed by atoms with van der Waals surface area (Å²) >= 11 is 0. The summed E-state index contributed by atoms with van der Waals surface area (Å²) in [7, 11) is 5.22. The number of urea groups is 2. The van der Waals surface area contributed by atoms with Gasteiger partial charge in [0.05, 0.1) is 0 Å². The first-order chi connectivity index (χ1) is 7.37. The van der Waals surface area contributed by atoms with Crippen LogP contribution in [0.4, 0.5) is 9.59 Å². The predicted octanol–water partition coefficient (Wildman–Crippen LogP) is 0.412. The molecule has 0 aromatic rings. The number of amides is 4. The molecule has 0 spiro atoms. The lowest BCUT2D eigenvalue weighted by Crippen LogP contribution is -2.47. The van der Waals surface area contributed by atoms with Gasteiger partial charge in [0.1, 0.15) is 12.3 Å². The Balaban J connectivity index is 2.40. The van der Waals surface area contributed by atoms with Gasteiger partial charge in [0, 0.05) is 27.2 Å². The Morgan fingerprint density at radius 3 is 1.81 bits per heavy atom. The molecule has 0 radical (unpaired) electrons. The van der Waals surface area contributed by atoms with Crippen molar-refractivity contribution in [1.82, 2.24) is 19.6 Å². The van der Waals surface area contributed by atoms with E-state index < -0.39 is 0 Å². The molecule has 4 amide bonds. The van der Waals surface area contributed by atoms with Gasteiger partial charge in [-0.15, -0.1) is 0 Å². The number of hydrogen-bond acceptors (Lipinski definition) is 2. The largest absolute Gasteiger partial charge is 0.323 e. The van der Waals surface area contributed by atoms with E-state index in [9.17, 15) is 9.59 Å². The third-order valence-corrected chi connectivity index (χ3v) is 3.42. The lowest BCUT2D eigenvalue weighted by molar-refractivity contribution is 0.124. The van der Waals surface area contributed by atoms with Gasteiger partial charge in [0.2, 0.25) is 0 Å². The first-order valence-electron chi connectivity index (χ1n) is 5.42. The average Bonchev–Trinajstić information content (AvgIpc) is 2.59. The minimum Gasteiger partial charge on any atom is -0.303 e. The Kier molecular flexibility index (Phi) is 2.25. The van der Waals surface area contributed by atoms with E-state index in [4.69, 9.17) is 0 Å². The van der Waals surface area contributed by atoms with Gasteiger partial charge in [-0.3, -0.25) is 4.90 Å². The van der Waals surface area contributed by atoms with E-state index >= 15 is 0 Å². The molecule has 0 aliphatic carbocycles. The second kappa shape index (κ2) is 3.26. The smallest absolute Gasteiger partial charge is 0.303 e. The quantitative estimate of drug-likeness (QED) is 0.650. The number of fused-ring (bicyclic) bond motifs is 1. The summed E-state index contributed by atoms with van der Waals surface area (Å²) in [5.74, 6) is 0. The van der Waals surface area contributed by atoms with Crippen LogP contribution in [0.1, 0.15) is 13.8 Å². The fourth-order valence-corrected chi connectivity index (χ4v) is 2.60. The standard InChI is InChI=1S/C10H18N4O2/c1-6(2)14-8-7(12(4)10(14)16)11(3)9(15)13(8)5/h6-8H,1-5H3/t7-,8-/m1/s1. The molecule has 0 aromatic heterocycles. The Morgan fingerprint density at radius 2 is 1.31 bits per heavy atom. The lowest BCUT2D eigenvalue weighted by atomic mass is 10.3. The maximum Gasteiger partial charge on any atom is 0.323 e. The van der Waals surface area contributed by atoms with Crippen LogP contribution in [0.5, 0.6) is 0 Å². The molecule has 6 nitrogen and oxygen atoms in total. The molecular formula is C10H18N4O2. The molecular weight excluding hydrogens is 208 g/mol. The zero-order valence-corrected chi connectivity index (χ0v) is 10.3. The molecule has 2 fully saturated rings. The molecule has 16 heavy (non-hydrogen) atoms. The monoisotopic (exact) mass is 226 g/mol. The topological polar surface area (TPSA) is 47.1 Å². The van der Waals surface area contributed by atoms with E-state index in [1.165, 1.54) is 0 Å². The lowest BCUT2D eigenvalue weighted by Gasteiger charge is -2.29. The highest BCUT2D eigenvalue weighted by molar-refractivity contribution is 5.84. The van der Waals surface area contributed by atoms with Crippen molar-refractivity contribution in [2.75, 3.05) is 21.1 Å². The van der Waals surface area contributed by atoms with Crippen LogP contribution in [-0.4, -0.2) is 71.2 Å². The Morgan fingerprint density at radius 1 is 0.875 bits per heavy atom. The van der Waals surface area contributed by atoms with Crippen LogP contribution in [-0.2, 0) is 0 Å². The van der Waals surface area contributed by atoms with Gasteiger partial charge in [-0.25, -0.2) is 9.59 Å². The van der Waals surface area contributed by atoms with Crippen molar-refractivity contribution in [2.45, 2.75) is 32.2 Å². The molecule has 2 atom stereocenters. The summed E-state index contributed by atoms with van der Waals surface area (Å²) in [6.45, 7) is 3.93. The Hall–Kier alpha value is -1.46.